The van der Waals surface area contributed by atoms with Gasteiger partial charge in [-0.2, -0.15) is 0 Å². The molecule has 0 aromatic heterocycles. The molecule has 0 fully saturated rings. The Balaban J connectivity index is 2.87. The Morgan fingerprint density at radius 2 is 2.05 bits per heavy atom. The summed E-state index contributed by atoms with van der Waals surface area (Å²) < 4.78 is 15.8. The lowest BCUT2D eigenvalue weighted by atomic mass is 10.2. The van der Waals surface area contributed by atoms with Crippen LogP contribution >= 0.6 is 0 Å². The van der Waals surface area contributed by atoms with Crippen molar-refractivity contribution in [2.45, 2.75) is 26.9 Å². The Bertz CT molecular complexity index is 486. The number of benzene rings is 1. The quantitative estimate of drug-likeness (QED) is 0.450. The van der Waals surface area contributed by atoms with Crippen LogP contribution in [0.1, 0.15) is 26.3 Å². The number of hydrogen-bond acceptors (Lipinski definition) is 5. The highest BCUT2D eigenvalue weighted by Gasteiger charge is 2.12. The van der Waals surface area contributed by atoms with E-state index in [2.05, 4.69) is 0 Å². The monoisotopic (exact) mass is 280 g/mol. The minimum absolute atomic E-state index is 0.0597. The fraction of sp³-hybridized carbons (Fsp3) is 0.429. The van der Waals surface area contributed by atoms with Crippen molar-refractivity contribution < 1.29 is 19.0 Å². The van der Waals surface area contributed by atoms with Gasteiger partial charge in [0.05, 0.1) is 12.7 Å². The molecule has 3 N–H and O–H groups in total. The standard InChI is InChI=1S/C14H20N2O4/c1-4-18-13(17)8-19-11-6-5-10(14(15)16)7-12(11)20-9(2)3/h5-7,9H,4,8H2,1-3H3,(H3,15,16). The minimum Gasteiger partial charge on any atom is -0.487 e. The number of esters is 1. The first-order valence-corrected chi connectivity index (χ1v) is 6.37. The van der Waals surface area contributed by atoms with Gasteiger partial charge in [0.15, 0.2) is 18.1 Å². The molecule has 20 heavy (non-hydrogen) atoms. The van der Waals surface area contributed by atoms with Crippen LogP contribution in [0.5, 0.6) is 11.5 Å². The molecule has 1 aromatic rings. The van der Waals surface area contributed by atoms with Gasteiger partial charge in [-0.15, -0.1) is 0 Å². The van der Waals surface area contributed by atoms with E-state index in [9.17, 15) is 4.79 Å². The highest BCUT2D eigenvalue weighted by Crippen LogP contribution is 2.29. The zero-order valence-corrected chi connectivity index (χ0v) is 11.9. The van der Waals surface area contributed by atoms with Crippen molar-refractivity contribution in [3.05, 3.63) is 23.8 Å². The van der Waals surface area contributed by atoms with Gasteiger partial charge in [0.25, 0.3) is 0 Å². The van der Waals surface area contributed by atoms with Crippen LogP contribution in [-0.2, 0) is 9.53 Å². The molecule has 0 aliphatic heterocycles. The molecule has 0 aliphatic rings. The maximum atomic E-state index is 11.3. The average Bonchev–Trinajstić information content (AvgIpc) is 2.36. The molecule has 0 heterocycles. The second-order valence-electron chi connectivity index (χ2n) is 4.34. The Morgan fingerprint density at radius 1 is 1.35 bits per heavy atom. The van der Waals surface area contributed by atoms with Crippen molar-refractivity contribution >= 4 is 11.8 Å². The normalized spacial score (nSPS) is 10.2. The molecule has 0 radical (unpaired) electrons. The maximum Gasteiger partial charge on any atom is 0.344 e. The van der Waals surface area contributed by atoms with E-state index in [-0.39, 0.29) is 18.5 Å². The number of hydrogen-bond donors (Lipinski definition) is 2. The highest BCUT2D eigenvalue weighted by molar-refractivity contribution is 5.95. The Morgan fingerprint density at radius 3 is 2.60 bits per heavy atom. The van der Waals surface area contributed by atoms with Gasteiger partial charge in [0.1, 0.15) is 5.84 Å². The first-order valence-electron chi connectivity index (χ1n) is 6.37. The summed E-state index contributed by atoms with van der Waals surface area (Å²) in [7, 11) is 0. The first kappa shape index (κ1) is 15.8. The van der Waals surface area contributed by atoms with E-state index in [1.807, 2.05) is 13.8 Å². The topological polar surface area (TPSA) is 94.6 Å². The van der Waals surface area contributed by atoms with Gasteiger partial charge in [-0.1, -0.05) is 0 Å². The van der Waals surface area contributed by atoms with Crippen molar-refractivity contribution in [2.75, 3.05) is 13.2 Å². The minimum atomic E-state index is -0.446. The summed E-state index contributed by atoms with van der Waals surface area (Å²) >= 11 is 0. The fourth-order valence-corrected chi connectivity index (χ4v) is 1.48. The third kappa shape index (κ3) is 4.79. The lowest BCUT2D eigenvalue weighted by Gasteiger charge is -2.15. The number of nitrogens with one attached hydrogen (secondary N) is 1. The third-order valence-corrected chi connectivity index (χ3v) is 2.27. The summed E-state index contributed by atoms with van der Waals surface area (Å²) in [6, 6.07) is 4.87. The molecule has 1 rings (SSSR count). The summed E-state index contributed by atoms with van der Waals surface area (Å²) in [5.41, 5.74) is 5.97. The van der Waals surface area contributed by atoms with E-state index in [0.29, 0.717) is 23.7 Å². The van der Waals surface area contributed by atoms with E-state index < -0.39 is 5.97 Å². The second-order valence-corrected chi connectivity index (χ2v) is 4.34. The predicted octanol–water partition coefficient (Wildman–Crippen LogP) is 1.70. The summed E-state index contributed by atoms with van der Waals surface area (Å²) in [6.07, 6.45) is -0.0675. The number of rotatable bonds is 7. The van der Waals surface area contributed by atoms with Gasteiger partial charge >= 0.3 is 5.97 Å². The van der Waals surface area contributed by atoms with Crippen LogP contribution in [-0.4, -0.2) is 31.1 Å². The molecule has 0 aliphatic carbocycles. The fourth-order valence-electron chi connectivity index (χ4n) is 1.48. The molecule has 6 heteroatoms. The molecular weight excluding hydrogens is 260 g/mol. The highest BCUT2D eigenvalue weighted by atomic mass is 16.6. The van der Waals surface area contributed by atoms with Crippen molar-refractivity contribution in [1.29, 1.82) is 5.41 Å². The molecule has 0 unspecified atom stereocenters. The molecule has 1 aromatic carbocycles. The molecule has 0 saturated heterocycles. The molecule has 0 bridgehead atoms. The van der Waals surface area contributed by atoms with Gasteiger partial charge in [-0.25, -0.2) is 4.79 Å². The van der Waals surface area contributed by atoms with Crippen LogP contribution in [0.25, 0.3) is 0 Å². The SMILES string of the molecule is CCOC(=O)COc1ccc(C(=N)N)cc1OC(C)C. The van der Waals surface area contributed by atoms with Crippen LogP contribution in [0.15, 0.2) is 18.2 Å². The largest absolute Gasteiger partial charge is 0.487 e. The number of carbonyl (C=O) groups is 1. The van der Waals surface area contributed by atoms with Gasteiger partial charge < -0.3 is 19.9 Å². The smallest absolute Gasteiger partial charge is 0.344 e. The number of carbonyl (C=O) groups excluding carboxylic acids is 1. The number of nitrogen functional groups attached to an aromatic ring is 1. The Labute approximate surface area is 118 Å². The van der Waals surface area contributed by atoms with E-state index in [0.717, 1.165) is 0 Å². The van der Waals surface area contributed by atoms with E-state index in [4.69, 9.17) is 25.4 Å². The van der Waals surface area contributed by atoms with Crippen LogP contribution in [0.2, 0.25) is 0 Å². The van der Waals surface area contributed by atoms with Crippen molar-refractivity contribution in [3.63, 3.8) is 0 Å². The van der Waals surface area contributed by atoms with Gasteiger partial charge in [-0.3, -0.25) is 5.41 Å². The van der Waals surface area contributed by atoms with Crippen molar-refractivity contribution in [2.24, 2.45) is 5.73 Å². The van der Waals surface area contributed by atoms with Crippen LogP contribution in [0.3, 0.4) is 0 Å². The maximum absolute atomic E-state index is 11.3. The molecule has 0 saturated carbocycles. The summed E-state index contributed by atoms with van der Waals surface area (Å²) in [5, 5.41) is 7.42. The number of ether oxygens (including phenoxy) is 3. The van der Waals surface area contributed by atoms with E-state index in [1.54, 1.807) is 25.1 Å². The molecule has 0 spiro atoms. The van der Waals surface area contributed by atoms with Gasteiger partial charge in [-0.05, 0) is 39.0 Å². The average molecular weight is 280 g/mol. The van der Waals surface area contributed by atoms with Crippen LogP contribution < -0.4 is 15.2 Å². The molecule has 0 amide bonds. The third-order valence-electron chi connectivity index (χ3n) is 2.27. The zero-order chi connectivity index (χ0) is 15.1. The van der Waals surface area contributed by atoms with Crippen molar-refractivity contribution in [1.82, 2.24) is 0 Å². The Kier molecular flexibility index (Phi) is 5.83. The van der Waals surface area contributed by atoms with E-state index >= 15 is 0 Å². The summed E-state index contributed by atoms with van der Waals surface area (Å²) in [6.45, 7) is 5.58. The van der Waals surface area contributed by atoms with Gasteiger partial charge in [0.2, 0.25) is 0 Å². The zero-order valence-electron chi connectivity index (χ0n) is 11.9. The molecular formula is C14H20N2O4. The lowest BCUT2D eigenvalue weighted by Crippen LogP contribution is -2.16. The number of nitrogens with two attached hydrogens (primary N) is 1. The summed E-state index contributed by atoms with van der Waals surface area (Å²) in [5.74, 6) is 0.350. The number of amidine groups is 1. The van der Waals surface area contributed by atoms with Crippen LogP contribution in [0.4, 0.5) is 0 Å². The molecule has 0 atom stereocenters. The van der Waals surface area contributed by atoms with E-state index in [1.165, 1.54) is 0 Å². The lowest BCUT2D eigenvalue weighted by molar-refractivity contribution is -0.145. The van der Waals surface area contributed by atoms with Crippen molar-refractivity contribution in [3.8, 4) is 11.5 Å². The van der Waals surface area contributed by atoms with Crippen LogP contribution in [0, 0.1) is 5.41 Å². The second kappa shape index (κ2) is 7.37. The first-order chi connectivity index (χ1) is 9.43. The predicted molar refractivity (Wildman–Crippen MR) is 75.4 cm³/mol. The van der Waals surface area contributed by atoms with Gasteiger partial charge in [0, 0.05) is 5.56 Å². The Hall–Kier alpha value is -2.24. The summed E-state index contributed by atoms with van der Waals surface area (Å²) in [4.78, 5) is 11.3. The molecule has 6 nitrogen and oxygen atoms in total. The molecule has 110 valence electrons.